The van der Waals surface area contributed by atoms with Crippen LogP contribution in [0.5, 0.6) is 0 Å². The Labute approximate surface area is 87.1 Å². The van der Waals surface area contributed by atoms with Crippen LogP contribution in [0.2, 0.25) is 0 Å². The van der Waals surface area contributed by atoms with Crippen molar-refractivity contribution in [2.24, 2.45) is 0 Å². The zero-order valence-electron chi connectivity index (χ0n) is 10.0. The van der Waals surface area contributed by atoms with E-state index >= 15 is 0 Å². The lowest BCUT2D eigenvalue weighted by Gasteiger charge is -2.41. The molecule has 1 saturated heterocycles. The predicted octanol–water partition coefficient (Wildman–Crippen LogP) is 1.34. The topological polar surface area (TPSA) is 23.6 Å². The number of rotatable bonds is 1. The van der Waals surface area contributed by atoms with Crippen LogP contribution < -0.4 is 0 Å². The molecule has 1 atom stereocenters. The molecule has 1 amide bonds. The molecular weight excluding hydrogens is 176 g/mol. The van der Waals surface area contributed by atoms with Gasteiger partial charge in [0.2, 0.25) is 5.91 Å². The van der Waals surface area contributed by atoms with Gasteiger partial charge in [-0.05, 0) is 34.2 Å². The molecule has 3 nitrogen and oxygen atoms in total. The summed E-state index contributed by atoms with van der Waals surface area (Å²) in [4.78, 5) is 15.7. The number of carbonyl (C=O) groups excluding carboxylic acids is 1. The van der Waals surface area contributed by atoms with Gasteiger partial charge in [0.15, 0.2) is 0 Å². The van der Waals surface area contributed by atoms with E-state index in [1.165, 1.54) is 0 Å². The van der Waals surface area contributed by atoms with Gasteiger partial charge in [0, 0.05) is 31.6 Å². The molecule has 1 aliphatic heterocycles. The summed E-state index contributed by atoms with van der Waals surface area (Å²) in [5, 5.41) is 0. The van der Waals surface area contributed by atoms with Gasteiger partial charge in [-0.2, -0.15) is 0 Å². The highest BCUT2D eigenvalue weighted by Crippen LogP contribution is 2.22. The average molecular weight is 198 g/mol. The fourth-order valence-electron chi connectivity index (χ4n) is 1.81. The van der Waals surface area contributed by atoms with E-state index in [0.29, 0.717) is 12.5 Å². The molecule has 0 N–H and O–H groups in total. The van der Waals surface area contributed by atoms with Gasteiger partial charge in [-0.25, -0.2) is 0 Å². The molecule has 0 bridgehead atoms. The molecule has 0 aliphatic carbocycles. The number of hydrogen-bond donors (Lipinski definition) is 0. The molecule has 0 radical (unpaired) electrons. The van der Waals surface area contributed by atoms with Crippen molar-refractivity contribution in [2.45, 2.75) is 45.2 Å². The van der Waals surface area contributed by atoms with Crippen molar-refractivity contribution in [1.29, 1.82) is 0 Å². The molecule has 3 heteroatoms. The monoisotopic (exact) mass is 198 g/mol. The van der Waals surface area contributed by atoms with Crippen LogP contribution in [0.4, 0.5) is 0 Å². The quantitative estimate of drug-likeness (QED) is 0.635. The Hall–Kier alpha value is -0.570. The number of nitrogens with zero attached hydrogens (tertiary/aromatic N) is 2. The van der Waals surface area contributed by atoms with Gasteiger partial charge in [-0.1, -0.05) is 0 Å². The zero-order valence-corrected chi connectivity index (χ0v) is 10.0. The second-order valence-electron chi connectivity index (χ2n) is 5.24. The van der Waals surface area contributed by atoms with Crippen LogP contribution in [0.1, 0.15) is 33.6 Å². The van der Waals surface area contributed by atoms with Crippen LogP contribution in [-0.4, -0.2) is 47.9 Å². The van der Waals surface area contributed by atoms with Crippen molar-refractivity contribution >= 4 is 5.91 Å². The predicted molar refractivity (Wildman–Crippen MR) is 58.2 cm³/mol. The van der Waals surface area contributed by atoms with Gasteiger partial charge in [0.1, 0.15) is 0 Å². The minimum Gasteiger partial charge on any atom is -0.346 e. The lowest BCUT2D eigenvalue weighted by atomic mass is 9.97. The summed E-state index contributed by atoms with van der Waals surface area (Å²) in [6.07, 6.45) is 1.76. The Morgan fingerprint density at radius 3 is 2.43 bits per heavy atom. The molecular formula is C11H22N2O. The van der Waals surface area contributed by atoms with Gasteiger partial charge >= 0.3 is 0 Å². The zero-order chi connectivity index (χ0) is 10.9. The standard InChI is InChI=1S/C11H22N2O/c1-11(2,3)13(5)9-6-7-12(4)10(14)8-9/h9H,6-8H2,1-5H3. The van der Waals surface area contributed by atoms with Crippen LogP contribution in [0.25, 0.3) is 0 Å². The summed E-state index contributed by atoms with van der Waals surface area (Å²) >= 11 is 0. The van der Waals surface area contributed by atoms with E-state index in [1.807, 2.05) is 11.9 Å². The van der Waals surface area contributed by atoms with E-state index in [0.717, 1.165) is 13.0 Å². The maximum absolute atomic E-state index is 11.5. The molecule has 1 fully saturated rings. The molecule has 0 aromatic rings. The maximum Gasteiger partial charge on any atom is 0.223 e. The van der Waals surface area contributed by atoms with Crippen LogP contribution in [0, 0.1) is 0 Å². The highest BCUT2D eigenvalue weighted by atomic mass is 16.2. The number of piperidine rings is 1. The Bertz CT molecular complexity index is 220. The smallest absolute Gasteiger partial charge is 0.223 e. The third-order valence-corrected chi connectivity index (χ3v) is 3.24. The fraction of sp³-hybridized carbons (Fsp3) is 0.909. The first-order valence-electron chi connectivity index (χ1n) is 5.29. The molecule has 0 spiro atoms. The lowest BCUT2D eigenvalue weighted by molar-refractivity contribution is -0.134. The van der Waals surface area contributed by atoms with Crippen LogP contribution in [0.3, 0.4) is 0 Å². The molecule has 82 valence electrons. The Morgan fingerprint density at radius 2 is 2.00 bits per heavy atom. The van der Waals surface area contributed by atoms with Crippen molar-refractivity contribution in [3.05, 3.63) is 0 Å². The van der Waals surface area contributed by atoms with Gasteiger partial charge < -0.3 is 4.90 Å². The van der Waals surface area contributed by atoms with Crippen molar-refractivity contribution in [3.63, 3.8) is 0 Å². The minimum absolute atomic E-state index is 0.154. The third kappa shape index (κ3) is 2.47. The minimum atomic E-state index is 0.154. The first-order valence-corrected chi connectivity index (χ1v) is 5.29. The summed E-state index contributed by atoms with van der Waals surface area (Å²) in [6.45, 7) is 7.46. The summed E-state index contributed by atoms with van der Waals surface area (Å²) < 4.78 is 0. The second kappa shape index (κ2) is 3.89. The van der Waals surface area contributed by atoms with E-state index in [4.69, 9.17) is 0 Å². The maximum atomic E-state index is 11.5. The normalized spacial score (nSPS) is 24.6. The third-order valence-electron chi connectivity index (χ3n) is 3.24. The lowest BCUT2D eigenvalue weighted by Crippen LogP contribution is -2.51. The molecule has 1 unspecified atom stereocenters. The summed E-state index contributed by atoms with van der Waals surface area (Å²) in [5.74, 6) is 0.275. The number of likely N-dealkylation sites (tertiary alicyclic amines) is 1. The Morgan fingerprint density at radius 1 is 1.43 bits per heavy atom. The molecule has 1 aliphatic rings. The second-order valence-corrected chi connectivity index (χ2v) is 5.24. The van der Waals surface area contributed by atoms with Crippen molar-refractivity contribution in [2.75, 3.05) is 20.6 Å². The first-order chi connectivity index (χ1) is 6.32. The largest absolute Gasteiger partial charge is 0.346 e. The molecule has 0 saturated carbocycles. The molecule has 0 aromatic heterocycles. The highest BCUT2D eigenvalue weighted by molar-refractivity contribution is 5.77. The van der Waals surface area contributed by atoms with E-state index in [-0.39, 0.29) is 11.4 Å². The number of carbonyl (C=O) groups is 1. The van der Waals surface area contributed by atoms with Gasteiger partial charge in [-0.15, -0.1) is 0 Å². The fourth-order valence-corrected chi connectivity index (χ4v) is 1.81. The number of amides is 1. The van der Waals surface area contributed by atoms with Crippen molar-refractivity contribution in [3.8, 4) is 0 Å². The van der Waals surface area contributed by atoms with E-state index in [2.05, 4.69) is 32.7 Å². The molecule has 0 aromatic carbocycles. The summed E-state index contributed by atoms with van der Waals surface area (Å²) in [7, 11) is 4.00. The SMILES string of the molecule is CN1CCC(N(C)C(C)(C)C)CC1=O. The summed E-state index contributed by atoms with van der Waals surface area (Å²) in [6, 6.07) is 0.415. The molecule has 1 heterocycles. The van der Waals surface area contributed by atoms with Gasteiger partial charge in [0.05, 0.1) is 0 Å². The first kappa shape index (κ1) is 11.5. The Kier molecular flexibility index (Phi) is 3.20. The van der Waals surface area contributed by atoms with E-state index in [1.54, 1.807) is 0 Å². The van der Waals surface area contributed by atoms with Gasteiger partial charge in [0.25, 0.3) is 0 Å². The van der Waals surface area contributed by atoms with E-state index < -0.39 is 0 Å². The van der Waals surface area contributed by atoms with Crippen molar-refractivity contribution in [1.82, 2.24) is 9.80 Å². The van der Waals surface area contributed by atoms with Crippen LogP contribution >= 0.6 is 0 Å². The Balaban J connectivity index is 2.59. The van der Waals surface area contributed by atoms with Crippen LogP contribution in [0.15, 0.2) is 0 Å². The summed E-state index contributed by atoms with van der Waals surface area (Å²) in [5.41, 5.74) is 0.154. The molecule has 1 rings (SSSR count). The van der Waals surface area contributed by atoms with E-state index in [9.17, 15) is 4.79 Å². The average Bonchev–Trinajstić information content (AvgIpc) is 2.07. The number of hydrogen-bond acceptors (Lipinski definition) is 2. The highest BCUT2D eigenvalue weighted by Gasteiger charge is 2.31. The van der Waals surface area contributed by atoms with Crippen molar-refractivity contribution < 1.29 is 4.79 Å². The van der Waals surface area contributed by atoms with Crippen LogP contribution in [-0.2, 0) is 4.79 Å². The van der Waals surface area contributed by atoms with Gasteiger partial charge in [-0.3, -0.25) is 9.69 Å². The molecule has 14 heavy (non-hydrogen) atoms.